The van der Waals surface area contributed by atoms with Crippen LogP contribution >= 0.6 is 0 Å². The fraction of sp³-hybridized carbons (Fsp3) is 0.588. The second-order valence-electron chi connectivity index (χ2n) is 5.89. The zero-order valence-electron chi connectivity index (χ0n) is 13.2. The number of para-hydroxylation sites is 1. The first-order chi connectivity index (χ1) is 10.2. The van der Waals surface area contributed by atoms with E-state index in [9.17, 15) is 4.79 Å². The van der Waals surface area contributed by atoms with Crippen LogP contribution in [-0.2, 0) is 4.79 Å². The third kappa shape index (κ3) is 4.21. The fourth-order valence-electron chi connectivity index (χ4n) is 2.86. The summed E-state index contributed by atoms with van der Waals surface area (Å²) in [6.45, 7) is 7.79. The lowest BCUT2D eigenvalue weighted by Gasteiger charge is -2.25. The average molecular weight is 289 g/mol. The number of nitrogens with zero attached hydrogens (tertiary/aromatic N) is 1. The first-order valence-electron chi connectivity index (χ1n) is 7.99. The minimum atomic E-state index is -0.357. The summed E-state index contributed by atoms with van der Waals surface area (Å²) in [4.78, 5) is 14.5. The Labute approximate surface area is 127 Å². The van der Waals surface area contributed by atoms with Crippen molar-refractivity contribution in [1.29, 1.82) is 0 Å². The Bertz CT molecular complexity index is 441. The summed E-state index contributed by atoms with van der Waals surface area (Å²) in [5, 5.41) is 6.36. The number of carbonyl (C=O) groups excluding carboxylic acids is 1. The second-order valence-corrected chi connectivity index (χ2v) is 5.89. The lowest BCUT2D eigenvalue weighted by molar-refractivity contribution is -0.126. The molecule has 0 radical (unpaired) electrons. The monoisotopic (exact) mass is 289 g/mol. The van der Waals surface area contributed by atoms with E-state index in [1.54, 1.807) is 0 Å². The molecule has 1 heterocycles. The van der Waals surface area contributed by atoms with Crippen LogP contribution in [0, 0.1) is 0 Å². The molecule has 2 rings (SSSR count). The predicted octanol–water partition coefficient (Wildman–Crippen LogP) is 2.16. The molecule has 1 aliphatic rings. The summed E-state index contributed by atoms with van der Waals surface area (Å²) in [6, 6.07) is 10.4. The molecule has 0 bridgehead atoms. The summed E-state index contributed by atoms with van der Waals surface area (Å²) in [5.41, 5.74) is 0.889. The van der Waals surface area contributed by atoms with Gasteiger partial charge in [-0.05, 0) is 51.8 Å². The van der Waals surface area contributed by atoms with Crippen LogP contribution < -0.4 is 15.5 Å². The van der Waals surface area contributed by atoms with Crippen LogP contribution in [0.1, 0.15) is 33.1 Å². The molecule has 1 amide bonds. The maximum atomic E-state index is 12.2. The van der Waals surface area contributed by atoms with Crippen molar-refractivity contribution in [2.24, 2.45) is 0 Å². The molecule has 4 nitrogen and oxygen atoms in total. The summed E-state index contributed by atoms with van der Waals surface area (Å²) in [6.07, 6.45) is 2.98. The van der Waals surface area contributed by atoms with Crippen molar-refractivity contribution in [1.82, 2.24) is 10.6 Å². The van der Waals surface area contributed by atoms with Crippen LogP contribution in [0.25, 0.3) is 0 Å². The number of nitrogens with one attached hydrogen (secondary N) is 2. The minimum absolute atomic E-state index is 0.141. The standard InChI is InChI=1S/C17H27N3O/c1-3-20(15-9-5-4-6-10-15)14-8-12-18-16(21)17(2)11-7-13-19-17/h4-6,9-10,19H,3,7-8,11-14H2,1-2H3,(H,18,21). The van der Waals surface area contributed by atoms with Gasteiger partial charge in [-0.25, -0.2) is 0 Å². The van der Waals surface area contributed by atoms with Crippen molar-refractivity contribution in [3.63, 3.8) is 0 Å². The molecule has 116 valence electrons. The van der Waals surface area contributed by atoms with Crippen LogP contribution in [-0.4, -0.2) is 37.6 Å². The Morgan fingerprint density at radius 3 is 2.76 bits per heavy atom. The summed E-state index contributed by atoms with van der Waals surface area (Å²) < 4.78 is 0. The zero-order chi connectivity index (χ0) is 15.1. The van der Waals surface area contributed by atoms with Gasteiger partial charge in [-0.15, -0.1) is 0 Å². The molecule has 4 heteroatoms. The Morgan fingerprint density at radius 2 is 2.14 bits per heavy atom. The fourth-order valence-corrected chi connectivity index (χ4v) is 2.86. The molecule has 1 atom stereocenters. The molecule has 0 aromatic heterocycles. The number of hydrogen-bond donors (Lipinski definition) is 2. The highest BCUT2D eigenvalue weighted by Gasteiger charge is 2.35. The Balaban J connectivity index is 1.72. The van der Waals surface area contributed by atoms with Gasteiger partial charge in [0, 0.05) is 25.3 Å². The first kappa shape index (κ1) is 15.8. The normalized spacial score (nSPS) is 21.2. The second kappa shape index (κ2) is 7.46. The van der Waals surface area contributed by atoms with E-state index in [0.29, 0.717) is 0 Å². The van der Waals surface area contributed by atoms with Gasteiger partial charge in [-0.2, -0.15) is 0 Å². The maximum Gasteiger partial charge on any atom is 0.240 e. The quantitative estimate of drug-likeness (QED) is 0.756. The Morgan fingerprint density at radius 1 is 1.38 bits per heavy atom. The van der Waals surface area contributed by atoms with E-state index in [-0.39, 0.29) is 11.4 Å². The van der Waals surface area contributed by atoms with E-state index >= 15 is 0 Å². The molecule has 0 spiro atoms. The van der Waals surface area contributed by atoms with Gasteiger partial charge in [-0.1, -0.05) is 18.2 Å². The predicted molar refractivity (Wildman–Crippen MR) is 87.6 cm³/mol. The molecule has 1 aromatic carbocycles. The van der Waals surface area contributed by atoms with Crippen LogP contribution in [0.4, 0.5) is 5.69 Å². The third-order valence-electron chi connectivity index (χ3n) is 4.26. The molecular formula is C17H27N3O. The molecule has 0 saturated carbocycles. The molecule has 1 aliphatic heterocycles. The van der Waals surface area contributed by atoms with Crippen molar-refractivity contribution >= 4 is 11.6 Å². The third-order valence-corrected chi connectivity index (χ3v) is 4.26. The van der Waals surface area contributed by atoms with Gasteiger partial charge in [0.15, 0.2) is 0 Å². The first-order valence-corrected chi connectivity index (χ1v) is 7.99. The highest BCUT2D eigenvalue weighted by atomic mass is 16.2. The van der Waals surface area contributed by atoms with E-state index in [0.717, 1.165) is 45.4 Å². The number of amides is 1. The number of anilines is 1. The summed E-state index contributed by atoms with van der Waals surface area (Å²) in [7, 11) is 0. The van der Waals surface area contributed by atoms with E-state index in [1.165, 1.54) is 5.69 Å². The molecule has 21 heavy (non-hydrogen) atoms. The van der Waals surface area contributed by atoms with Gasteiger partial charge in [0.1, 0.15) is 0 Å². The largest absolute Gasteiger partial charge is 0.372 e. The van der Waals surface area contributed by atoms with Crippen molar-refractivity contribution in [2.75, 3.05) is 31.1 Å². The maximum absolute atomic E-state index is 12.2. The number of carbonyl (C=O) groups is 1. The molecule has 1 unspecified atom stereocenters. The van der Waals surface area contributed by atoms with Gasteiger partial charge < -0.3 is 15.5 Å². The van der Waals surface area contributed by atoms with E-state index in [1.807, 2.05) is 13.0 Å². The van der Waals surface area contributed by atoms with Crippen LogP contribution in [0.2, 0.25) is 0 Å². The molecule has 0 aliphatic carbocycles. The molecule has 2 N–H and O–H groups in total. The van der Waals surface area contributed by atoms with Crippen molar-refractivity contribution in [3.8, 4) is 0 Å². The Hall–Kier alpha value is -1.55. The van der Waals surface area contributed by atoms with Crippen molar-refractivity contribution in [3.05, 3.63) is 30.3 Å². The van der Waals surface area contributed by atoms with Gasteiger partial charge >= 0.3 is 0 Å². The smallest absolute Gasteiger partial charge is 0.240 e. The summed E-state index contributed by atoms with van der Waals surface area (Å²) in [5.74, 6) is 0.141. The average Bonchev–Trinajstić information content (AvgIpc) is 2.96. The number of benzene rings is 1. The molecule has 1 saturated heterocycles. The zero-order valence-corrected chi connectivity index (χ0v) is 13.2. The lowest BCUT2D eigenvalue weighted by Crippen LogP contribution is -2.51. The topological polar surface area (TPSA) is 44.4 Å². The van der Waals surface area contributed by atoms with Gasteiger partial charge in [-0.3, -0.25) is 4.79 Å². The van der Waals surface area contributed by atoms with E-state index in [4.69, 9.17) is 0 Å². The van der Waals surface area contributed by atoms with Crippen LogP contribution in [0.15, 0.2) is 30.3 Å². The lowest BCUT2D eigenvalue weighted by atomic mass is 9.99. The van der Waals surface area contributed by atoms with Crippen LogP contribution in [0.3, 0.4) is 0 Å². The van der Waals surface area contributed by atoms with Crippen LogP contribution in [0.5, 0.6) is 0 Å². The van der Waals surface area contributed by atoms with E-state index < -0.39 is 0 Å². The highest BCUT2D eigenvalue weighted by molar-refractivity contribution is 5.86. The molecular weight excluding hydrogens is 262 g/mol. The summed E-state index contributed by atoms with van der Waals surface area (Å²) >= 11 is 0. The van der Waals surface area contributed by atoms with Gasteiger partial charge in [0.05, 0.1) is 5.54 Å². The highest BCUT2D eigenvalue weighted by Crippen LogP contribution is 2.18. The SMILES string of the molecule is CCN(CCCNC(=O)C1(C)CCCN1)c1ccccc1. The Kier molecular flexibility index (Phi) is 5.62. The molecule has 1 aromatic rings. The van der Waals surface area contributed by atoms with E-state index in [2.05, 4.69) is 46.7 Å². The van der Waals surface area contributed by atoms with Crippen molar-refractivity contribution in [2.45, 2.75) is 38.6 Å². The van der Waals surface area contributed by atoms with Gasteiger partial charge in [0.2, 0.25) is 5.91 Å². The molecule has 1 fully saturated rings. The minimum Gasteiger partial charge on any atom is -0.372 e. The number of hydrogen-bond acceptors (Lipinski definition) is 3. The van der Waals surface area contributed by atoms with Crippen molar-refractivity contribution < 1.29 is 4.79 Å². The number of rotatable bonds is 7. The van der Waals surface area contributed by atoms with Gasteiger partial charge in [0.25, 0.3) is 0 Å².